The van der Waals surface area contributed by atoms with Crippen LogP contribution in [0.15, 0.2) is 63.3 Å². The lowest BCUT2D eigenvalue weighted by Crippen LogP contribution is -2.21. The molecule has 2 aromatic carbocycles. The van der Waals surface area contributed by atoms with E-state index in [1.807, 2.05) is 35.9 Å². The molecule has 0 aliphatic rings. The summed E-state index contributed by atoms with van der Waals surface area (Å²) < 4.78 is 2.77. The molecule has 0 aliphatic heterocycles. The van der Waals surface area contributed by atoms with Crippen LogP contribution in [-0.4, -0.2) is 37.1 Å². The second-order valence-corrected chi connectivity index (χ2v) is 8.06. The summed E-state index contributed by atoms with van der Waals surface area (Å²) >= 11 is 4.69. The minimum Gasteiger partial charge on any atom is -0.305 e. The molecule has 0 atom stereocenters. The molecule has 0 aliphatic carbocycles. The van der Waals surface area contributed by atoms with Crippen molar-refractivity contribution in [2.45, 2.75) is 12.1 Å². The van der Waals surface area contributed by atoms with Crippen molar-refractivity contribution in [2.75, 3.05) is 5.75 Å². The summed E-state index contributed by atoms with van der Waals surface area (Å²) in [6.07, 6.45) is 0. The molecule has 0 bridgehead atoms. The summed E-state index contributed by atoms with van der Waals surface area (Å²) in [4.78, 5) is 22.4. The van der Waals surface area contributed by atoms with Crippen molar-refractivity contribution < 1.29 is 9.72 Å². The molecule has 11 heteroatoms. The van der Waals surface area contributed by atoms with Crippen molar-refractivity contribution in [3.63, 3.8) is 0 Å². The lowest BCUT2D eigenvalue weighted by atomic mass is 10.1. The van der Waals surface area contributed by atoms with Gasteiger partial charge in [-0.05, 0) is 36.8 Å². The number of hydrogen-bond acceptors (Lipinski definition) is 7. The summed E-state index contributed by atoms with van der Waals surface area (Å²) in [6.45, 7) is 1.71. The molecule has 9 nitrogen and oxygen atoms in total. The number of carbonyl (C=O) groups is 1. The van der Waals surface area contributed by atoms with E-state index in [4.69, 9.17) is 0 Å². The summed E-state index contributed by atoms with van der Waals surface area (Å²) in [6, 6.07) is 13.7. The highest BCUT2D eigenvalue weighted by Crippen LogP contribution is 2.24. The van der Waals surface area contributed by atoms with Crippen molar-refractivity contribution >= 4 is 45.0 Å². The first kappa shape index (κ1) is 21.7. The van der Waals surface area contributed by atoms with Crippen LogP contribution in [0.5, 0.6) is 0 Å². The number of halogens is 1. The van der Waals surface area contributed by atoms with Gasteiger partial charge in [0.05, 0.1) is 16.4 Å². The van der Waals surface area contributed by atoms with Crippen LogP contribution in [0.2, 0.25) is 0 Å². The molecule has 1 amide bonds. The van der Waals surface area contributed by atoms with E-state index in [2.05, 4.69) is 36.7 Å². The highest BCUT2D eigenvalue weighted by atomic mass is 79.9. The summed E-state index contributed by atoms with van der Waals surface area (Å²) in [5.74, 6) is 0.515. The van der Waals surface area contributed by atoms with E-state index >= 15 is 0 Å². The van der Waals surface area contributed by atoms with Crippen molar-refractivity contribution in [3.8, 4) is 11.4 Å². The quantitative estimate of drug-likeness (QED) is 0.234. The van der Waals surface area contributed by atoms with Gasteiger partial charge in [-0.15, -0.1) is 10.2 Å². The fourth-order valence-corrected chi connectivity index (χ4v) is 3.62. The van der Waals surface area contributed by atoms with Crippen LogP contribution in [0.3, 0.4) is 0 Å². The van der Waals surface area contributed by atoms with Crippen molar-refractivity contribution in [3.05, 3.63) is 68.7 Å². The summed E-state index contributed by atoms with van der Waals surface area (Å²) in [5.41, 5.74) is 4.62. The van der Waals surface area contributed by atoms with E-state index < -0.39 is 4.92 Å². The van der Waals surface area contributed by atoms with E-state index in [0.717, 1.165) is 10.0 Å². The van der Waals surface area contributed by atoms with Gasteiger partial charge in [0.2, 0.25) is 0 Å². The zero-order valence-corrected chi connectivity index (χ0v) is 18.5. The zero-order chi connectivity index (χ0) is 21.7. The normalized spacial score (nSPS) is 11.4. The maximum Gasteiger partial charge on any atom is 0.269 e. The zero-order valence-electron chi connectivity index (χ0n) is 16.1. The van der Waals surface area contributed by atoms with Gasteiger partial charge in [-0.25, -0.2) is 5.43 Å². The van der Waals surface area contributed by atoms with Gasteiger partial charge < -0.3 is 4.57 Å². The first-order valence-electron chi connectivity index (χ1n) is 8.71. The predicted octanol–water partition coefficient (Wildman–Crippen LogP) is 3.79. The molecule has 0 unspecified atom stereocenters. The van der Waals surface area contributed by atoms with E-state index in [1.54, 1.807) is 19.1 Å². The van der Waals surface area contributed by atoms with Crippen LogP contribution in [0.4, 0.5) is 5.69 Å². The minimum absolute atomic E-state index is 0.00195. The van der Waals surface area contributed by atoms with Crippen molar-refractivity contribution in [1.82, 2.24) is 20.2 Å². The van der Waals surface area contributed by atoms with Crippen molar-refractivity contribution in [2.24, 2.45) is 12.1 Å². The third-order valence-corrected chi connectivity index (χ3v) is 5.61. The molecule has 0 saturated carbocycles. The van der Waals surface area contributed by atoms with E-state index in [1.165, 1.54) is 23.9 Å². The second-order valence-electron chi connectivity index (χ2n) is 6.20. The number of hydrogen-bond donors (Lipinski definition) is 1. The highest BCUT2D eigenvalue weighted by molar-refractivity contribution is 9.10. The number of nitrogens with zero attached hydrogens (tertiary/aromatic N) is 5. The number of rotatable bonds is 7. The third kappa shape index (κ3) is 5.30. The van der Waals surface area contributed by atoms with Crippen LogP contribution in [0.25, 0.3) is 11.4 Å². The fraction of sp³-hybridized carbons (Fsp3) is 0.158. The maximum absolute atomic E-state index is 12.1. The number of aromatic nitrogens is 3. The van der Waals surface area contributed by atoms with Gasteiger partial charge >= 0.3 is 0 Å². The maximum atomic E-state index is 12.1. The third-order valence-electron chi connectivity index (χ3n) is 4.09. The largest absolute Gasteiger partial charge is 0.305 e. The molecule has 0 radical (unpaired) electrons. The first-order chi connectivity index (χ1) is 14.3. The number of nitro groups is 1. The number of thioether (sulfide) groups is 1. The molecule has 3 rings (SSSR count). The van der Waals surface area contributed by atoms with Gasteiger partial charge in [-0.2, -0.15) is 5.10 Å². The number of nitro benzene ring substituents is 1. The number of benzene rings is 2. The average molecular weight is 489 g/mol. The van der Waals surface area contributed by atoms with Gasteiger partial charge in [0.25, 0.3) is 11.6 Å². The standard InChI is InChI=1S/C19H17BrN6O3S/c1-12(13-6-8-16(9-7-13)26(28)29)21-22-17(27)11-30-19-24-23-18(25(19)2)14-4-3-5-15(20)10-14/h3-10H,11H2,1-2H3,(H,22,27). The Bertz CT molecular complexity index is 1110. The first-order valence-corrected chi connectivity index (χ1v) is 10.5. The molecule has 154 valence electrons. The molecular formula is C19H17BrN6O3S. The Morgan fingerprint density at radius 3 is 2.67 bits per heavy atom. The Kier molecular flexibility index (Phi) is 6.95. The molecule has 0 spiro atoms. The number of carbonyl (C=O) groups excluding carboxylic acids is 1. The van der Waals surface area contributed by atoms with Crippen LogP contribution in [0.1, 0.15) is 12.5 Å². The molecule has 1 N–H and O–H groups in total. The molecule has 3 aromatic rings. The van der Waals surface area contributed by atoms with Gasteiger partial charge in [-0.3, -0.25) is 14.9 Å². The minimum atomic E-state index is -0.468. The Labute approximate surface area is 184 Å². The number of non-ortho nitro benzene ring substituents is 1. The fourth-order valence-electron chi connectivity index (χ4n) is 2.52. The monoisotopic (exact) mass is 488 g/mol. The van der Waals surface area contributed by atoms with Crippen molar-refractivity contribution in [1.29, 1.82) is 0 Å². The number of amides is 1. The number of nitrogens with one attached hydrogen (secondary N) is 1. The molecule has 0 saturated heterocycles. The molecule has 0 fully saturated rings. The Morgan fingerprint density at radius 1 is 1.27 bits per heavy atom. The van der Waals surface area contributed by atoms with Crippen LogP contribution < -0.4 is 5.43 Å². The van der Waals surface area contributed by atoms with Gasteiger partial charge in [0.15, 0.2) is 11.0 Å². The number of hydrazone groups is 1. The molecular weight excluding hydrogens is 472 g/mol. The topological polar surface area (TPSA) is 115 Å². The van der Waals surface area contributed by atoms with Gasteiger partial charge in [0, 0.05) is 29.2 Å². The predicted molar refractivity (Wildman–Crippen MR) is 118 cm³/mol. The SMILES string of the molecule is CC(=NNC(=O)CSc1nnc(-c2cccc(Br)c2)n1C)c1ccc([N+](=O)[O-])cc1. The lowest BCUT2D eigenvalue weighted by Gasteiger charge is -2.05. The Morgan fingerprint density at radius 2 is 2.00 bits per heavy atom. The molecule has 1 aromatic heterocycles. The molecule has 1 heterocycles. The van der Waals surface area contributed by atoms with E-state index in [9.17, 15) is 14.9 Å². The van der Waals surface area contributed by atoms with E-state index in [0.29, 0.717) is 22.3 Å². The Balaban J connectivity index is 1.58. The van der Waals surface area contributed by atoms with Crippen LogP contribution >= 0.6 is 27.7 Å². The van der Waals surface area contributed by atoms with Crippen LogP contribution in [-0.2, 0) is 11.8 Å². The summed E-state index contributed by atoms with van der Waals surface area (Å²) in [5, 5.41) is 23.7. The van der Waals surface area contributed by atoms with E-state index in [-0.39, 0.29) is 17.3 Å². The lowest BCUT2D eigenvalue weighted by molar-refractivity contribution is -0.384. The highest BCUT2D eigenvalue weighted by Gasteiger charge is 2.13. The van der Waals surface area contributed by atoms with Gasteiger partial charge in [0.1, 0.15) is 0 Å². The smallest absolute Gasteiger partial charge is 0.269 e. The van der Waals surface area contributed by atoms with Gasteiger partial charge in [-0.1, -0.05) is 39.8 Å². The molecule has 30 heavy (non-hydrogen) atoms. The summed E-state index contributed by atoms with van der Waals surface area (Å²) in [7, 11) is 1.84. The van der Waals surface area contributed by atoms with Crippen LogP contribution in [0, 0.1) is 10.1 Å². The second kappa shape index (κ2) is 9.63. The average Bonchev–Trinajstić information content (AvgIpc) is 3.11. The Hall–Kier alpha value is -3.05.